The number of halogens is 1. The average Bonchev–Trinajstić information content (AvgIpc) is 2.71. The molecule has 1 heterocycles. The molecule has 0 saturated carbocycles. The fourth-order valence-corrected chi connectivity index (χ4v) is 1.99. The Morgan fingerprint density at radius 1 is 1.40 bits per heavy atom. The van der Waals surface area contributed by atoms with Crippen LogP contribution < -0.4 is 5.32 Å². The van der Waals surface area contributed by atoms with Crippen molar-refractivity contribution in [2.24, 2.45) is 0 Å². The van der Waals surface area contributed by atoms with E-state index in [0.29, 0.717) is 5.15 Å². The predicted octanol–water partition coefficient (Wildman–Crippen LogP) is 3.65. The van der Waals surface area contributed by atoms with E-state index in [1.165, 1.54) is 19.3 Å². The molecular formula is C12H15ClN2. The summed E-state index contributed by atoms with van der Waals surface area (Å²) in [5.41, 5.74) is 1.57. The molecule has 0 saturated heterocycles. The molecule has 0 spiro atoms. The van der Waals surface area contributed by atoms with Crippen LogP contribution in [0.15, 0.2) is 29.8 Å². The van der Waals surface area contributed by atoms with E-state index >= 15 is 0 Å². The summed E-state index contributed by atoms with van der Waals surface area (Å²) in [6, 6.07) is 5.63. The van der Waals surface area contributed by atoms with Gasteiger partial charge >= 0.3 is 0 Å². The van der Waals surface area contributed by atoms with Crippen molar-refractivity contribution in [2.75, 3.05) is 11.9 Å². The smallest absolute Gasteiger partial charge is 0.131 e. The minimum atomic E-state index is 0.542. The first kappa shape index (κ1) is 10.5. The predicted molar refractivity (Wildman–Crippen MR) is 64.3 cm³/mol. The highest BCUT2D eigenvalue weighted by Gasteiger charge is 2.03. The highest BCUT2D eigenvalue weighted by molar-refractivity contribution is 6.29. The second-order valence-electron chi connectivity index (χ2n) is 3.78. The lowest BCUT2D eigenvalue weighted by atomic mass is 10.2. The quantitative estimate of drug-likeness (QED) is 0.622. The zero-order valence-corrected chi connectivity index (χ0v) is 9.43. The van der Waals surface area contributed by atoms with Gasteiger partial charge in [-0.05, 0) is 37.8 Å². The first-order valence-corrected chi connectivity index (χ1v) is 5.77. The maximum absolute atomic E-state index is 5.79. The third-order valence-corrected chi connectivity index (χ3v) is 2.81. The maximum Gasteiger partial charge on any atom is 0.131 e. The Labute approximate surface area is 95.4 Å². The Kier molecular flexibility index (Phi) is 3.62. The molecule has 1 aromatic heterocycles. The number of nitrogens with one attached hydrogen (secondary N) is 1. The number of allylic oxidation sites excluding steroid dienone is 1. The third kappa shape index (κ3) is 3.24. The summed E-state index contributed by atoms with van der Waals surface area (Å²) in [5.74, 6) is 0.862. The Morgan fingerprint density at radius 3 is 3.07 bits per heavy atom. The van der Waals surface area contributed by atoms with Gasteiger partial charge in [-0.3, -0.25) is 0 Å². The van der Waals surface area contributed by atoms with Crippen molar-refractivity contribution < 1.29 is 0 Å². The third-order valence-electron chi connectivity index (χ3n) is 2.60. The van der Waals surface area contributed by atoms with Crippen LogP contribution in [0.25, 0.3) is 0 Å². The van der Waals surface area contributed by atoms with Gasteiger partial charge in [0.1, 0.15) is 11.0 Å². The van der Waals surface area contributed by atoms with E-state index in [2.05, 4.69) is 16.4 Å². The molecule has 1 aliphatic carbocycles. The molecule has 0 amide bonds. The molecular weight excluding hydrogens is 208 g/mol. The Bertz CT molecular complexity index is 360. The average molecular weight is 223 g/mol. The van der Waals surface area contributed by atoms with Crippen molar-refractivity contribution in [3.8, 4) is 0 Å². The molecule has 0 unspecified atom stereocenters. The maximum atomic E-state index is 5.79. The van der Waals surface area contributed by atoms with Crippen molar-refractivity contribution >= 4 is 17.4 Å². The summed E-state index contributed by atoms with van der Waals surface area (Å²) in [6.45, 7) is 0.944. The van der Waals surface area contributed by atoms with E-state index in [0.717, 1.165) is 18.8 Å². The van der Waals surface area contributed by atoms with Crippen LogP contribution in [-0.2, 0) is 0 Å². The van der Waals surface area contributed by atoms with Crippen LogP contribution in [0.2, 0.25) is 5.15 Å². The van der Waals surface area contributed by atoms with Crippen LogP contribution in [0, 0.1) is 0 Å². The topological polar surface area (TPSA) is 24.9 Å². The fraction of sp³-hybridized carbons (Fsp3) is 0.417. The van der Waals surface area contributed by atoms with Crippen LogP contribution in [0.4, 0.5) is 5.82 Å². The second kappa shape index (κ2) is 5.17. The van der Waals surface area contributed by atoms with Gasteiger partial charge < -0.3 is 5.32 Å². The number of hydrogen-bond acceptors (Lipinski definition) is 2. The van der Waals surface area contributed by atoms with Crippen molar-refractivity contribution in [1.82, 2.24) is 4.98 Å². The minimum Gasteiger partial charge on any atom is -0.370 e. The zero-order valence-electron chi connectivity index (χ0n) is 8.67. The van der Waals surface area contributed by atoms with Crippen LogP contribution >= 0.6 is 11.6 Å². The van der Waals surface area contributed by atoms with E-state index in [-0.39, 0.29) is 0 Å². The number of rotatable bonds is 4. The van der Waals surface area contributed by atoms with Gasteiger partial charge in [0.05, 0.1) is 0 Å². The normalized spacial score (nSPS) is 15.1. The monoisotopic (exact) mass is 222 g/mol. The molecule has 3 heteroatoms. The van der Waals surface area contributed by atoms with E-state index in [4.69, 9.17) is 11.6 Å². The standard InChI is InChI=1S/C12H15ClN2/c13-11-6-3-7-12(15-11)14-9-8-10-4-1-2-5-10/h3-4,6-7H,1-2,5,8-9H2,(H,14,15). The molecule has 0 fully saturated rings. The molecule has 0 bridgehead atoms. The summed E-state index contributed by atoms with van der Waals surface area (Å²) in [6.07, 6.45) is 7.32. The lowest BCUT2D eigenvalue weighted by Gasteiger charge is -2.05. The molecule has 0 aliphatic heterocycles. The largest absolute Gasteiger partial charge is 0.370 e. The lowest BCUT2D eigenvalue weighted by molar-refractivity contribution is 0.862. The van der Waals surface area contributed by atoms with Gasteiger partial charge in [-0.25, -0.2) is 4.98 Å². The molecule has 1 N–H and O–H groups in total. The summed E-state index contributed by atoms with van der Waals surface area (Å²) in [5, 5.41) is 3.82. The Balaban J connectivity index is 1.78. The van der Waals surface area contributed by atoms with Gasteiger partial charge in [-0.1, -0.05) is 29.3 Å². The molecule has 1 aromatic rings. The molecule has 0 atom stereocenters. The Morgan fingerprint density at radius 2 is 2.33 bits per heavy atom. The molecule has 80 valence electrons. The van der Waals surface area contributed by atoms with Crippen LogP contribution in [0.5, 0.6) is 0 Å². The summed E-state index contributed by atoms with van der Waals surface area (Å²) in [4.78, 5) is 4.17. The first-order chi connectivity index (χ1) is 7.34. The summed E-state index contributed by atoms with van der Waals surface area (Å²) >= 11 is 5.79. The number of nitrogens with zero attached hydrogens (tertiary/aromatic N) is 1. The highest BCUT2D eigenvalue weighted by atomic mass is 35.5. The number of anilines is 1. The summed E-state index contributed by atoms with van der Waals surface area (Å²) < 4.78 is 0. The second-order valence-corrected chi connectivity index (χ2v) is 4.16. The van der Waals surface area contributed by atoms with E-state index in [1.807, 2.05) is 12.1 Å². The number of pyridine rings is 1. The van der Waals surface area contributed by atoms with Crippen LogP contribution in [0.1, 0.15) is 25.7 Å². The van der Waals surface area contributed by atoms with Gasteiger partial charge in [0, 0.05) is 6.54 Å². The minimum absolute atomic E-state index is 0.542. The molecule has 0 radical (unpaired) electrons. The van der Waals surface area contributed by atoms with Gasteiger partial charge in [0.25, 0.3) is 0 Å². The molecule has 15 heavy (non-hydrogen) atoms. The fourth-order valence-electron chi connectivity index (χ4n) is 1.82. The number of aromatic nitrogens is 1. The Hall–Kier alpha value is -1.02. The van der Waals surface area contributed by atoms with Gasteiger partial charge in [0.15, 0.2) is 0 Å². The molecule has 2 rings (SSSR count). The van der Waals surface area contributed by atoms with E-state index in [1.54, 1.807) is 11.6 Å². The van der Waals surface area contributed by atoms with Crippen LogP contribution in [-0.4, -0.2) is 11.5 Å². The van der Waals surface area contributed by atoms with Gasteiger partial charge in [0.2, 0.25) is 0 Å². The SMILES string of the molecule is Clc1cccc(NCCC2=CCCC2)n1. The molecule has 0 aromatic carbocycles. The van der Waals surface area contributed by atoms with Crippen molar-refractivity contribution in [3.05, 3.63) is 35.0 Å². The lowest BCUT2D eigenvalue weighted by Crippen LogP contribution is -2.03. The van der Waals surface area contributed by atoms with E-state index in [9.17, 15) is 0 Å². The van der Waals surface area contributed by atoms with Crippen LogP contribution in [0.3, 0.4) is 0 Å². The van der Waals surface area contributed by atoms with E-state index < -0.39 is 0 Å². The molecule has 2 nitrogen and oxygen atoms in total. The zero-order chi connectivity index (χ0) is 10.5. The summed E-state index contributed by atoms with van der Waals surface area (Å²) in [7, 11) is 0. The van der Waals surface area contributed by atoms with Gasteiger partial charge in [-0.15, -0.1) is 0 Å². The van der Waals surface area contributed by atoms with Crippen molar-refractivity contribution in [1.29, 1.82) is 0 Å². The molecule has 1 aliphatic rings. The first-order valence-electron chi connectivity index (χ1n) is 5.39. The van der Waals surface area contributed by atoms with Crippen molar-refractivity contribution in [3.63, 3.8) is 0 Å². The highest BCUT2D eigenvalue weighted by Crippen LogP contribution is 2.20. The van der Waals surface area contributed by atoms with Gasteiger partial charge in [-0.2, -0.15) is 0 Å². The van der Waals surface area contributed by atoms with Crippen molar-refractivity contribution in [2.45, 2.75) is 25.7 Å². The number of hydrogen-bond donors (Lipinski definition) is 1.